The van der Waals surface area contributed by atoms with Gasteiger partial charge >= 0.3 is 0 Å². The number of rotatable bonds is 2. The SMILES string of the molecule is C[C@@H](O)[C@@H](N)c1cc(F)cc(F)c1F. The van der Waals surface area contributed by atoms with Crippen molar-refractivity contribution in [3.63, 3.8) is 0 Å². The molecule has 0 fully saturated rings. The highest BCUT2D eigenvalue weighted by atomic mass is 19.2. The van der Waals surface area contributed by atoms with Crippen molar-refractivity contribution in [3.8, 4) is 0 Å². The Morgan fingerprint density at radius 2 is 1.86 bits per heavy atom. The predicted molar refractivity (Wildman–Crippen MR) is 44.9 cm³/mol. The summed E-state index contributed by atoms with van der Waals surface area (Å²) in [6.45, 7) is 1.31. The molecule has 1 rings (SSSR count). The molecule has 0 aliphatic heterocycles. The van der Waals surface area contributed by atoms with Gasteiger partial charge in [0.1, 0.15) is 5.82 Å². The summed E-state index contributed by atoms with van der Waals surface area (Å²) >= 11 is 0. The zero-order chi connectivity index (χ0) is 10.9. The lowest BCUT2D eigenvalue weighted by atomic mass is 10.0. The summed E-state index contributed by atoms with van der Waals surface area (Å²) in [5, 5.41) is 9.04. The van der Waals surface area contributed by atoms with Crippen LogP contribution in [0.1, 0.15) is 18.5 Å². The van der Waals surface area contributed by atoms with Gasteiger partial charge in [-0.15, -0.1) is 0 Å². The smallest absolute Gasteiger partial charge is 0.163 e. The van der Waals surface area contributed by atoms with E-state index in [0.717, 1.165) is 6.07 Å². The minimum absolute atomic E-state index is 0.363. The van der Waals surface area contributed by atoms with Crippen LogP contribution in [-0.4, -0.2) is 11.2 Å². The highest BCUT2D eigenvalue weighted by Gasteiger charge is 2.20. The number of aliphatic hydroxyl groups is 1. The summed E-state index contributed by atoms with van der Waals surface area (Å²) in [7, 11) is 0. The fraction of sp³-hybridized carbons (Fsp3) is 0.333. The minimum Gasteiger partial charge on any atom is -0.391 e. The van der Waals surface area contributed by atoms with Gasteiger partial charge in [0.05, 0.1) is 12.1 Å². The van der Waals surface area contributed by atoms with E-state index in [2.05, 4.69) is 0 Å². The summed E-state index contributed by atoms with van der Waals surface area (Å²) in [5.41, 5.74) is 4.99. The molecule has 14 heavy (non-hydrogen) atoms. The third-order valence-electron chi connectivity index (χ3n) is 1.90. The highest BCUT2D eigenvalue weighted by molar-refractivity contribution is 5.24. The fourth-order valence-corrected chi connectivity index (χ4v) is 1.08. The second kappa shape index (κ2) is 3.98. The van der Waals surface area contributed by atoms with E-state index in [0.29, 0.717) is 6.07 Å². The largest absolute Gasteiger partial charge is 0.391 e. The number of hydrogen-bond donors (Lipinski definition) is 2. The molecule has 0 unspecified atom stereocenters. The first kappa shape index (κ1) is 11.0. The standard InChI is InChI=1S/C9H10F3NO/c1-4(14)9(13)6-2-5(10)3-7(11)8(6)12/h2-4,9,14H,13H2,1H3/t4-,9-/m1/s1. The number of aliphatic hydroxyl groups excluding tert-OH is 1. The fourth-order valence-electron chi connectivity index (χ4n) is 1.08. The highest BCUT2D eigenvalue weighted by Crippen LogP contribution is 2.21. The number of nitrogens with two attached hydrogens (primary N) is 1. The van der Waals surface area contributed by atoms with E-state index < -0.39 is 29.6 Å². The Labute approximate surface area is 79.2 Å². The van der Waals surface area contributed by atoms with Crippen LogP contribution in [-0.2, 0) is 0 Å². The van der Waals surface area contributed by atoms with Crippen LogP contribution in [0, 0.1) is 17.5 Å². The van der Waals surface area contributed by atoms with E-state index in [1.165, 1.54) is 6.92 Å². The molecule has 78 valence electrons. The number of halogens is 3. The molecular formula is C9H10F3NO. The van der Waals surface area contributed by atoms with Gasteiger partial charge in [-0.3, -0.25) is 0 Å². The van der Waals surface area contributed by atoms with Gasteiger partial charge in [-0.05, 0) is 13.0 Å². The van der Waals surface area contributed by atoms with Gasteiger partial charge in [0.2, 0.25) is 0 Å². The van der Waals surface area contributed by atoms with Crippen molar-refractivity contribution in [2.45, 2.75) is 19.1 Å². The topological polar surface area (TPSA) is 46.2 Å². The minimum atomic E-state index is -1.31. The Balaban J connectivity index is 3.20. The Bertz CT molecular complexity index is 341. The van der Waals surface area contributed by atoms with Crippen LogP contribution in [0.25, 0.3) is 0 Å². The van der Waals surface area contributed by atoms with E-state index >= 15 is 0 Å². The molecule has 0 radical (unpaired) electrons. The monoisotopic (exact) mass is 205 g/mol. The molecule has 0 aliphatic rings. The number of benzene rings is 1. The molecule has 1 aromatic rings. The number of hydrogen-bond acceptors (Lipinski definition) is 2. The Morgan fingerprint density at radius 1 is 1.29 bits per heavy atom. The summed E-state index contributed by atoms with van der Waals surface area (Å²) in [6, 6.07) is 0.0591. The molecule has 0 bridgehead atoms. The summed E-state index contributed by atoms with van der Waals surface area (Å²) in [6.07, 6.45) is -1.08. The molecule has 2 nitrogen and oxygen atoms in total. The first-order chi connectivity index (χ1) is 6.43. The Kier molecular flexibility index (Phi) is 3.13. The van der Waals surface area contributed by atoms with Gasteiger partial charge in [0.15, 0.2) is 11.6 Å². The third kappa shape index (κ3) is 2.05. The van der Waals surface area contributed by atoms with Gasteiger partial charge in [-0.2, -0.15) is 0 Å². The quantitative estimate of drug-likeness (QED) is 0.718. The molecule has 0 amide bonds. The van der Waals surface area contributed by atoms with Crippen LogP contribution >= 0.6 is 0 Å². The van der Waals surface area contributed by atoms with Crippen LogP contribution < -0.4 is 5.73 Å². The van der Waals surface area contributed by atoms with Crippen LogP contribution in [0.3, 0.4) is 0 Å². The lowest BCUT2D eigenvalue weighted by molar-refractivity contribution is 0.162. The van der Waals surface area contributed by atoms with Crippen LogP contribution in [0.4, 0.5) is 13.2 Å². The van der Waals surface area contributed by atoms with Crippen molar-refractivity contribution < 1.29 is 18.3 Å². The average molecular weight is 205 g/mol. The lowest BCUT2D eigenvalue weighted by Crippen LogP contribution is -2.24. The van der Waals surface area contributed by atoms with Crippen molar-refractivity contribution >= 4 is 0 Å². The molecule has 2 atom stereocenters. The third-order valence-corrected chi connectivity index (χ3v) is 1.90. The van der Waals surface area contributed by atoms with Gasteiger partial charge in [0.25, 0.3) is 0 Å². The van der Waals surface area contributed by atoms with Crippen LogP contribution in [0.15, 0.2) is 12.1 Å². The maximum atomic E-state index is 13.1. The molecule has 3 N–H and O–H groups in total. The van der Waals surface area contributed by atoms with E-state index in [1.807, 2.05) is 0 Å². The molecule has 0 spiro atoms. The average Bonchev–Trinajstić information content (AvgIpc) is 2.09. The Morgan fingerprint density at radius 3 is 2.36 bits per heavy atom. The lowest BCUT2D eigenvalue weighted by Gasteiger charge is -2.15. The van der Waals surface area contributed by atoms with Crippen molar-refractivity contribution in [2.24, 2.45) is 5.73 Å². The normalized spacial score (nSPS) is 15.3. The maximum absolute atomic E-state index is 13.1. The first-order valence-corrected chi connectivity index (χ1v) is 4.01. The second-order valence-electron chi connectivity index (χ2n) is 3.06. The van der Waals surface area contributed by atoms with Gasteiger partial charge in [0, 0.05) is 11.6 Å². The van der Waals surface area contributed by atoms with Crippen LogP contribution in [0.5, 0.6) is 0 Å². The van der Waals surface area contributed by atoms with Crippen molar-refractivity contribution in [1.29, 1.82) is 0 Å². The molecule has 0 heterocycles. The molecule has 5 heteroatoms. The second-order valence-corrected chi connectivity index (χ2v) is 3.06. The van der Waals surface area contributed by atoms with E-state index in [-0.39, 0.29) is 5.56 Å². The summed E-state index contributed by atoms with van der Waals surface area (Å²) in [5.74, 6) is -3.45. The maximum Gasteiger partial charge on any atom is 0.163 e. The van der Waals surface area contributed by atoms with Crippen molar-refractivity contribution in [1.82, 2.24) is 0 Å². The molecule has 1 aromatic carbocycles. The summed E-state index contributed by atoms with van der Waals surface area (Å²) in [4.78, 5) is 0. The van der Waals surface area contributed by atoms with Crippen molar-refractivity contribution in [3.05, 3.63) is 35.1 Å². The molecule has 0 saturated carbocycles. The van der Waals surface area contributed by atoms with E-state index in [9.17, 15) is 13.2 Å². The molecular weight excluding hydrogens is 195 g/mol. The van der Waals surface area contributed by atoms with Gasteiger partial charge < -0.3 is 10.8 Å². The molecule has 0 saturated heterocycles. The first-order valence-electron chi connectivity index (χ1n) is 4.01. The van der Waals surface area contributed by atoms with E-state index in [1.54, 1.807) is 0 Å². The zero-order valence-corrected chi connectivity index (χ0v) is 7.47. The van der Waals surface area contributed by atoms with Crippen LogP contribution in [0.2, 0.25) is 0 Å². The summed E-state index contributed by atoms with van der Waals surface area (Å²) < 4.78 is 38.5. The predicted octanol–water partition coefficient (Wildman–Crippen LogP) is 1.48. The zero-order valence-electron chi connectivity index (χ0n) is 7.47. The molecule has 0 aromatic heterocycles. The van der Waals surface area contributed by atoms with Gasteiger partial charge in [-0.1, -0.05) is 0 Å². The van der Waals surface area contributed by atoms with Gasteiger partial charge in [-0.25, -0.2) is 13.2 Å². The molecule has 0 aliphatic carbocycles. The Hall–Kier alpha value is -1.07. The van der Waals surface area contributed by atoms with E-state index in [4.69, 9.17) is 10.8 Å². The van der Waals surface area contributed by atoms with Crippen molar-refractivity contribution in [2.75, 3.05) is 0 Å².